The Labute approximate surface area is 165 Å². The smallest absolute Gasteiger partial charge is 0.308 e. The van der Waals surface area contributed by atoms with E-state index in [0.717, 1.165) is 37.7 Å². The molecule has 0 radical (unpaired) electrons. The number of hydrogen-bond donors (Lipinski definition) is 1. The first-order chi connectivity index (χ1) is 13.4. The van der Waals surface area contributed by atoms with E-state index in [1.54, 1.807) is 12.5 Å². The maximum absolute atomic E-state index is 11.7. The summed E-state index contributed by atoms with van der Waals surface area (Å²) < 4.78 is 10.6. The van der Waals surface area contributed by atoms with Gasteiger partial charge in [0.25, 0.3) is 0 Å². The van der Waals surface area contributed by atoms with Gasteiger partial charge in [0, 0.05) is 23.8 Å². The molecule has 2 fully saturated rings. The fraction of sp³-hybridized carbons (Fsp3) is 0.458. The molecule has 1 aromatic carbocycles. The van der Waals surface area contributed by atoms with Gasteiger partial charge in [0.15, 0.2) is 0 Å². The first-order valence-electron chi connectivity index (χ1n) is 10.2. The van der Waals surface area contributed by atoms with Crippen molar-refractivity contribution < 1.29 is 19.1 Å². The standard InChI is InChI=1S/C24H26O4/c1-15(25)28-18-4-6-19-16(13-18)3-5-21-20(19)7-10-23(2)22(21)8-11-24(23,26)17-9-12-27-14-17/h4-6,9,12-14,20,22,26H,3,7-8,10-11H2,1-2H3/t20-,22+,23-,24-/m1/s1. The summed E-state index contributed by atoms with van der Waals surface area (Å²) in [5.74, 6) is 1.12. The first-order valence-corrected chi connectivity index (χ1v) is 10.2. The van der Waals surface area contributed by atoms with Gasteiger partial charge in [-0.3, -0.25) is 4.79 Å². The summed E-state index contributed by atoms with van der Waals surface area (Å²) in [7, 11) is 0. The lowest BCUT2D eigenvalue weighted by atomic mass is 9.56. The number of carbonyl (C=O) groups is 1. The second-order valence-electron chi connectivity index (χ2n) is 8.83. The van der Waals surface area contributed by atoms with Crippen LogP contribution in [0.2, 0.25) is 0 Å². The Morgan fingerprint density at radius 1 is 1.25 bits per heavy atom. The van der Waals surface area contributed by atoms with Crippen molar-refractivity contribution in [3.63, 3.8) is 0 Å². The summed E-state index contributed by atoms with van der Waals surface area (Å²) in [6.45, 7) is 3.69. The van der Waals surface area contributed by atoms with E-state index in [-0.39, 0.29) is 11.4 Å². The second kappa shape index (κ2) is 6.08. The highest BCUT2D eigenvalue weighted by molar-refractivity contribution is 5.69. The largest absolute Gasteiger partial charge is 0.472 e. The highest BCUT2D eigenvalue weighted by Gasteiger charge is 2.61. The van der Waals surface area contributed by atoms with Gasteiger partial charge in [-0.1, -0.05) is 24.6 Å². The van der Waals surface area contributed by atoms with Crippen LogP contribution in [0.4, 0.5) is 0 Å². The van der Waals surface area contributed by atoms with Gasteiger partial charge in [-0.25, -0.2) is 0 Å². The van der Waals surface area contributed by atoms with Crippen LogP contribution in [0, 0.1) is 11.3 Å². The number of aliphatic hydroxyl groups is 1. The average Bonchev–Trinajstić information content (AvgIpc) is 3.29. The van der Waals surface area contributed by atoms with Gasteiger partial charge in [0.1, 0.15) is 5.75 Å². The van der Waals surface area contributed by atoms with Gasteiger partial charge in [-0.15, -0.1) is 0 Å². The molecule has 1 aromatic heterocycles. The van der Waals surface area contributed by atoms with Crippen molar-refractivity contribution in [2.75, 3.05) is 0 Å². The van der Waals surface area contributed by atoms with Crippen LogP contribution in [0.25, 0.3) is 0 Å². The van der Waals surface area contributed by atoms with Gasteiger partial charge in [0.2, 0.25) is 0 Å². The van der Waals surface area contributed by atoms with Crippen LogP contribution >= 0.6 is 0 Å². The summed E-state index contributed by atoms with van der Waals surface area (Å²) >= 11 is 0. The van der Waals surface area contributed by atoms with Crippen molar-refractivity contribution in [1.82, 2.24) is 0 Å². The van der Waals surface area contributed by atoms with Crippen LogP contribution < -0.4 is 4.74 Å². The predicted molar refractivity (Wildman–Crippen MR) is 105 cm³/mol. The van der Waals surface area contributed by atoms with Crippen molar-refractivity contribution in [2.24, 2.45) is 11.3 Å². The fourth-order valence-corrected chi connectivity index (χ4v) is 6.16. The molecule has 4 atom stereocenters. The maximum Gasteiger partial charge on any atom is 0.308 e. The number of rotatable bonds is 2. The van der Waals surface area contributed by atoms with E-state index in [1.807, 2.05) is 18.2 Å². The summed E-state index contributed by atoms with van der Waals surface area (Å²) in [4.78, 5) is 11.3. The molecular formula is C24H26O4. The minimum absolute atomic E-state index is 0.172. The quantitative estimate of drug-likeness (QED) is 0.460. The van der Waals surface area contributed by atoms with Crippen molar-refractivity contribution in [3.8, 4) is 5.75 Å². The zero-order valence-electron chi connectivity index (χ0n) is 16.4. The van der Waals surface area contributed by atoms with Crippen molar-refractivity contribution >= 4 is 5.97 Å². The molecule has 146 valence electrons. The number of esters is 1. The molecular weight excluding hydrogens is 352 g/mol. The van der Waals surface area contributed by atoms with E-state index < -0.39 is 5.60 Å². The molecule has 2 saturated carbocycles. The lowest BCUT2D eigenvalue weighted by Gasteiger charge is -2.50. The average molecular weight is 378 g/mol. The Morgan fingerprint density at radius 3 is 2.86 bits per heavy atom. The van der Waals surface area contributed by atoms with E-state index in [2.05, 4.69) is 19.1 Å². The van der Waals surface area contributed by atoms with Crippen molar-refractivity contribution in [1.29, 1.82) is 0 Å². The number of allylic oxidation sites excluding steroid dienone is 2. The third kappa shape index (κ3) is 2.37. The zero-order valence-corrected chi connectivity index (χ0v) is 16.4. The molecule has 1 N–H and O–H groups in total. The number of fused-ring (bicyclic) bond motifs is 5. The van der Waals surface area contributed by atoms with E-state index in [1.165, 1.54) is 23.6 Å². The highest BCUT2D eigenvalue weighted by Crippen LogP contribution is 2.66. The van der Waals surface area contributed by atoms with Crippen LogP contribution in [0.5, 0.6) is 5.75 Å². The maximum atomic E-state index is 11.7. The topological polar surface area (TPSA) is 59.7 Å². The van der Waals surface area contributed by atoms with Gasteiger partial charge in [-0.05, 0) is 67.3 Å². The van der Waals surface area contributed by atoms with E-state index in [9.17, 15) is 9.90 Å². The molecule has 5 rings (SSSR count). The third-order valence-corrected chi connectivity index (χ3v) is 7.57. The number of benzene rings is 1. The second-order valence-corrected chi connectivity index (χ2v) is 8.83. The minimum Gasteiger partial charge on any atom is -0.472 e. The number of ether oxygens (including phenoxy) is 1. The molecule has 28 heavy (non-hydrogen) atoms. The Morgan fingerprint density at radius 2 is 2.11 bits per heavy atom. The van der Waals surface area contributed by atoms with Crippen molar-refractivity contribution in [2.45, 2.75) is 57.5 Å². The van der Waals surface area contributed by atoms with E-state index in [4.69, 9.17) is 9.15 Å². The number of hydrogen-bond acceptors (Lipinski definition) is 4. The van der Waals surface area contributed by atoms with Gasteiger partial charge in [0.05, 0.1) is 18.1 Å². The molecule has 1 heterocycles. The lowest BCUT2D eigenvalue weighted by molar-refractivity contribution is -0.131. The van der Waals surface area contributed by atoms with Crippen LogP contribution in [0.15, 0.2) is 52.9 Å². The summed E-state index contributed by atoms with van der Waals surface area (Å²) in [6.07, 6.45) is 10.4. The van der Waals surface area contributed by atoms with Gasteiger partial charge in [-0.2, -0.15) is 0 Å². The number of furan rings is 1. The zero-order chi connectivity index (χ0) is 19.5. The van der Waals surface area contributed by atoms with Crippen LogP contribution in [0.3, 0.4) is 0 Å². The molecule has 4 nitrogen and oxygen atoms in total. The first kappa shape index (κ1) is 17.7. The molecule has 0 amide bonds. The molecule has 3 aliphatic rings. The normalized spacial score (nSPS) is 33.5. The Kier molecular flexibility index (Phi) is 3.86. The van der Waals surface area contributed by atoms with E-state index >= 15 is 0 Å². The lowest BCUT2D eigenvalue weighted by Crippen LogP contribution is -2.46. The molecule has 0 bridgehead atoms. The molecule has 0 spiro atoms. The van der Waals surface area contributed by atoms with Gasteiger partial charge >= 0.3 is 5.97 Å². The summed E-state index contributed by atoms with van der Waals surface area (Å²) in [6, 6.07) is 7.97. The molecule has 2 aromatic rings. The van der Waals surface area contributed by atoms with Gasteiger partial charge < -0.3 is 14.3 Å². The third-order valence-electron chi connectivity index (χ3n) is 7.57. The Hall–Kier alpha value is -2.33. The van der Waals surface area contributed by atoms with Crippen LogP contribution in [0.1, 0.15) is 62.1 Å². The monoisotopic (exact) mass is 378 g/mol. The fourth-order valence-electron chi connectivity index (χ4n) is 6.16. The van der Waals surface area contributed by atoms with Crippen LogP contribution in [-0.4, -0.2) is 11.1 Å². The Bertz CT molecular complexity index is 957. The molecule has 4 heteroatoms. The molecule has 0 saturated heterocycles. The number of carbonyl (C=O) groups excluding carboxylic acids is 1. The summed E-state index contributed by atoms with van der Waals surface area (Å²) in [5, 5.41) is 11.7. The minimum atomic E-state index is -0.823. The van der Waals surface area contributed by atoms with E-state index in [0.29, 0.717) is 17.6 Å². The van der Waals surface area contributed by atoms with Crippen LogP contribution in [-0.2, 0) is 16.8 Å². The molecule has 0 unspecified atom stereocenters. The summed E-state index contributed by atoms with van der Waals surface area (Å²) in [5.41, 5.74) is 4.01. The Balaban J connectivity index is 1.49. The molecule has 0 aliphatic heterocycles. The highest BCUT2D eigenvalue weighted by atomic mass is 16.5. The molecule has 3 aliphatic carbocycles. The predicted octanol–water partition coefficient (Wildman–Crippen LogP) is 4.87. The van der Waals surface area contributed by atoms with Crippen molar-refractivity contribution in [3.05, 3.63) is 65.1 Å². The SMILES string of the molecule is CC(=O)Oc1ccc2c(c1)CC=C1[C@@H]2CC[C@]2(C)[C@H]1CC[C@@]2(O)c1ccoc1.